The molecular formula is C16H16N2O. The predicted octanol–water partition coefficient (Wildman–Crippen LogP) is 3.70. The van der Waals surface area contributed by atoms with E-state index in [1.165, 1.54) is 0 Å². The van der Waals surface area contributed by atoms with E-state index in [1.54, 1.807) is 0 Å². The van der Waals surface area contributed by atoms with E-state index in [2.05, 4.69) is 15.5 Å². The predicted molar refractivity (Wildman–Crippen MR) is 76.8 cm³/mol. The first-order valence-electron chi connectivity index (χ1n) is 6.53. The number of carbonyl (C=O) groups is 1. The number of hydrogen-bond donors (Lipinski definition) is 0. The lowest BCUT2D eigenvalue weighted by molar-refractivity contribution is 0.0990. The lowest BCUT2D eigenvalue weighted by Crippen LogP contribution is -1.98. The second-order valence-corrected chi connectivity index (χ2v) is 4.90. The summed E-state index contributed by atoms with van der Waals surface area (Å²) in [6, 6.07) is 10.1. The van der Waals surface area contributed by atoms with Crippen molar-refractivity contribution in [2.75, 3.05) is 0 Å². The third-order valence-corrected chi connectivity index (χ3v) is 3.52. The van der Waals surface area contributed by atoms with Crippen LogP contribution >= 0.6 is 0 Å². The molecule has 0 radical (unpaired) electrons. The SMILES string of the molecule is CCC(=O)c1cc(C)n2c1ccc1ccc(C)nc12. The number of rotatable bonds is 2. The molecule has 3 heterocycles. The molecule has 0 fully saturated rings. The highest BCUT2D eigenvalue weighted by molar-refractivity contribution is 6.03. The monoisotopic (exact) mass is 252 g/mol. The van der Waals surface area contributed by atoms with Gasteiger partial charge in [0.25, 0.3) is 0 Å². The molecule has 3 nitrogen and oxygen atoms in total. The van der Waals surface area contributed by atoms with E-state index in [0.717, 1.165) is 33.5 Å². The summed E-state index contributed by atoms with van der Waals surface area (Å²) in [6.07, 6.45) is 0.526. The van der Waals surface area contributed by atoms with E-state index in [1.807, 2.05) is 45.0 Å². The fourth-order valence-corrected chi connectivity index (χ4v) is 2.55. The van der Waals surface area contributed by atoms with Gasteiger partial charge in [0.05, 0.1) is 5.52 Å². The molecule has 3 heteroatoms. The van der Waals surface area contributed by atoms with Crippen molar-refractivity contribution in [1.82, 2.24) is 9.38 Å². The van der Waals surface area contributed by atoms with Crippen LogP contribution in [0, 0.1) is 13.8 Å². The second kappa shape index (κ2) is 4.19. The molecule has 3 aromatic rings. The molecule has 0 saturated heterocycles. The van der Waals surface area contributed by atoms with Crippen molar-refractivity contribution >= 4 is 22.3 Å². The van der Waals surface area contributed by atoms with E-state index in [4.69, 9.17) is 0 Å². The van der Waals surface area contributed by atoms with Crippen LogP contribution in [0.25, 0.3) is 16.6 Å². The van der Waals surface area contributed by atoms with Crippen molar-refractivity contribution in [2.24, 2.45) is 0 Å². The van der Waals surface area contributed by atoms with Crippen molar-refractivity contribution in [1.29, 1.82) is 0 Å². The Bertz CT molecular complexity index is 799. The quantitative estimate of drug-likeness (QED) is 0.652. The van der Waals surface area contributed by atoms with Gasteiger partial charge < -0.3 is 0 Å². The average Bonchev–Trinajstić information content (AvgIpc) is 2.75. The molecule has 0 aliphatic rings. The van der Waals surface area contributed by atoms with E-state index in [-0.39, 0.29) is 5.78 Å². The Morgan fingerprint density at radius 1 is 1.21 bits per heavy atom. The van der Waals surface area contributed by atoms with Gasteiger partial charge in [-0.1, -0.05) is 6.92 Å². The molecule has 0 amide bonds. The molecule has 0 unspecified atom stereocenters. The summed E-state index contributed by atoms with van der Waals surface area (Å²) >= 11 is 0. The van der Waals surface area contributed by atoms with Crippen LogP contribution in [0.5, 0.6) is 0 Å². The van der Waals surface area contributed by atoms with E-state index in [0.29, 0.717) is 6.42 Å². The van der Waals surface area contributed by atoms with Gasteiger partial charge in [-0.05, 0) is 44.2 Å². The zero-order chi connectivity index (χ0) is 13.6. The van der Waals surface area contributed by atoms with Gasteiger partial charge in [0.2, 0.25) is 0 Å². The van der Waals surface area contributed by atoms with Gasteiger partial charge in [-0.3, -0.25) is 9.20 Å². The van der Waals surface area contributed by atoms with Crippen molar-refractivity contribution in [2.45, 2.75) is 27.2 Å². The minimum absolute atomic E-state index is 0.178. The first kappa shape index (κ1) is 11.9. The Hall–Kier alpha value is -2.16. The number of carbonyl (C=O) groups excluding carboxylic acids is 1. The molecule has 96 valence electrons. The number of hydrogen-bond acceptors (Lipinski definition) is 2. The van der Waals surface area contributed by atoms with Crippen LogP contribution in [0.15, 0.2) is 30.3 Å². The van der Waals surface area contributed by atoms with Gasteiger partial charge in [-0.25, -0.2) is 4.98 Å². The van der Waals surface area contributed by atoms with Crippen molar-refractivity contribution in [3.63, 3.8) is 0 Å². The number of nitrogens with zero attached hydrogens (tertiary/aromatic N) is 2. The Morgan fingerprint density at radius 2 is 1.95 bits per heavy atom. The van der Waals surface area contributed by atoms with Crippen molar-refractivity contribution in [3.05, 3.63) is 47.3 Å². The van der Waals surface area contributed by atoms with E-state index < -0.39 is 0 Å². The second-order valence-electron chi connectivity index (χ2n) is 4.90. The number of aryl methyl sites for hydroxylation is 2. The highest BCUT2D eigenvalue weighted by atomic mass is 16.1. The lowest BCUT2D eigenvalue weighted by atomic mass is 10.1. The molecule has 0 spiro atoms. The molecule has 19 heavy (non-hydrogen) atoms. The average molecular weight is 252 g/mol. The minimum atomic E-state index is 0.178. The zero-order valence-electron chi connectivity index (χ0n) is 11.4. The highest BCUT2D eigenvalue weighted by Gasteiger charge is 2.14. The number of fused-ring (bicyclic) bond motifs is 3. The maximum absolute atomic E-state index is 12.0. The molecule has 3 rings (SSSR count). The molecular weight excluding hydrogens is 236 g/mol. The van der Waals surface area contributed by atoms with Crippen LogP contribution in [0.4, 0.5) is 0 Å². The standard InChI is InChI=1S/C16H16N2O/c1-4-15(19)13-9-11(3)18-14(13)8-7-12-6-5-10(2)17-16(12)18/h5-9H,4H2,1-3H3. The molecule has 0 saturated carbocycles. The van der Waals surface area contributed by atoms with Crippen LogP contribution in [-0.4, -0.2) is 15.2 Å². The van der Waals surface area contributed by atoms with E-state index in [9.17, 15) is 4.79 Å². The lowest BCUT2D eigenvalue weighted by Gasteiger charge is -2.05. The van der Waals surface area contributed by atoms with Gasteiger partial charge in [0.1, 0.15) is 5.65 Å². The highest BCUT2D eigenvalue weighted by Crippen LogP contribution is 2.23. The molecule has 0 aliphatic carbocycles. The van der Waals surface area contributed by atoms with Crippen LogP contribution in [0.1, 0.15) is 35.1 Å². The Balaban J connectivity index is 2.46. The first-order valence-corrected chi connectivity index (χ1v) is 6.53. The van der Waals surface area contributed by atoms with Gasteiger partial charge in [0, 0.05) is 28.8 Å². The smallest absolute Gasteiger partial charge is 0.164 e. The zero-order valence-corrected chi connectivity index (χ0v) is 11.4. The topological polar surface area (TPSA) is 34.4 Å². The number of aromatic nitrogens is 2. The Labute approximate surface area is 111 Å². The first-order chi connectivity index (χ1) is 9.11. The Kier molecular flexibility index (Phi) is 2.63. The van der Waals surface area contributed by atoms with Gasteiger partial charge in [0.15, 0.2) is 5.78 Å². The summed E-state index contributed by atoms with van der Waals surface area (Å²) in [7, 11) is 0. The fourth-order valence-electron chi connectivity index (χ4n) is 2.55. The van der Waals surface area contributed by atoms with Crippen molar-refractivity contribution in [3.8, 4) is 0 Å². The number of pyridine rings is 2. The normalized spacial score (nSPS) is 11.3. The molecule has 0 bridgehead atoms. The van der Waals surface area contributed by atoms with E-state index >= 15 is 0 Å². The number of ketones is 1. The van der Waals surface area contributed by atoms with Gasteiger partial charge in [-0.2, -0.15) is 0 Å². The van der Waals surface area contributed by atoms with Gasteiger partial charge >= 0.3 is 0 Å². The molecule has 0 atom stereocenters. The van der Waals surface area contributed by atoms with Crippen LogP contribution in [0.2, 0.25) is 0 Å². The molecule has 3 aromatic heterocycles. The van der Waals surface area contributed by atoms with Crippen LogP contribution in [0.3, 0.4) is 0 Å². The Morgan fingerprint density at radius 3 is 2.68 bits per heavy atom. The molecule has 0 N–H and O–H groups in total. The molecule has 0 aromatic carbocycles. The molecule has 0 aliphatic heterocycles. The van der Waals surface area contributed by atoms with Crippen molar-refractivity contribution < 1.29 is 4.79 Å². The fraction of sp³-hybridized carbons (Fsp3) is 0.250. The third-order valence-electron chi connectivity index (χ3n) is 3.52. The summed E-state index contributed by atoms with van der Waals surface area (Å²) in [4.78, 5) is 16.6. The van der Waals surface area contributed by atoms with Crippen LogP contribution < -0.4 is 0 Å². The summed E-state index contributed by atoms with van der Waals surface area (Å²) in [5.41, 5.74) is 4.71. The summed E-state index contributed by atoms with van der Waals surface area (Å²) in [5, 5.41) is 1.09. The largest absolute Gasteiger partial charge is 0.298 e. The van der Waals surface area contributed by atoms with Crippen LogP contribution in [-0.2, 0) is 0 Å². The summed E-state index contributed by atoms with van der Waals surface area (Å²) < 4.78 is 2.07. The number of Topliss-reactive ketones (excluding diaryl/α,β-unsaturated/α-hetero) is 1. The maximum atomic E-state index is 12.0. The van der Waals surface area contributed by atoms with Gasteiger partial charge in [-0.15, -0.1) is 0 Å². The maximum Gasteiger partial charge on any atom is 0.164 e. The summed E-state index contributed by atoms with van der Waals surface area (Å²) in [6.45, 7) is 5.89. The summed E-state index contributed by atoms with van der Waals surface area (Å²) in [5.74, 6) is 0.178. The minimum Gasteiger partial charge on any atom is -0.298 e. The third kappa shape index (κ3) is 1.73.